The van der Waals surface area contributed by atoms with E-state index in [0.717, 1.165) is 41.2 Å². The van der Waals surface area contributed by atoms with Crippen molar-refractivity contribution in [2.75, 3.05) is 24.5 Å². The van der Waals surface area contributed by atoms with Crippen LogP contribution in [0.3, 0.4) is 0 Å². The van der Waals surface area contributed by atoms with Crippen molar-refractivity contribution in [1.29, 1.82) is 0 Å². The molecule has 2 saturated heterocycles. The van der Waals surface area contributed by atoms with E-state index in [1.165, 1.54) is 25.9 Å². The van der Waals surface area contributed by atoms with Crippen LogP contribution < -0.4 is 4.90 Å². The largest absolute Gasteiger partial charge is 0.352 e. The molecule has 4 atom stereocenters. The summed E-state index contributed by atoms with van der Waals surface area (Å²) in [6.45, 7) is 12.3. The zero-order valence-electron chi connectivity index (χ0n) is 20.2. The number of halogens is 3. The Kier molecular flexibility index (Phi) is 7.63. The lowest BCUT2D eigenvalue weighted by Crippen LogP contribution is -2.53. The van der Waals surface area contributed by atoms with Gasteiger partial charge in [-0.05, 0) is 76.7 Å². The van der Waals surface area contributed by atoms with Crippen LogP contribution in [0.2, 0.25) is 10.0 Å². The molecule has 2 aliphatic rings. The summed E-state index contributed by atoms with van der Waals surface area (Å²) in [6, 6.07) is 6.59. The lowest BCUT2D eigenvalue weighted by atomic mass is 9.88. The molecule has 2 fully saturated rings. The summed E-state index contributed by atoms with van der Waals surface area (Å²) >= 11 is 12.6. The summed E-state index contributed by atoms with van der Waals surface area (Å²) in [4.78, 5) is 15.0. The minimum absolute atomic E-state index is 0. The molecule has 3 aromatic rings. The first-order valence-corrected chi connectivity index (χ1v) is 12.8. The Labute approximate surface area is 218 Å². The highest BCUT2D eigenvalue weighted by Gasteiger charge is 2.36. The van der Waals surface area contributed by atoms with Gasteiger partial charge >= 0.3 is 0 Å². The van der Waals surface area contributed by atoms with Crippen LogP contribution in [0.1, 0.15) is 57.3 Å². The maximum absolute atomic E-state index is 6.51. The first kappa shape index (κ1) is 25.5. The lowest BCUT2D eigenvalue weighted by molar-refractivity contribution is 0.143. The monoisotopic (exact) mass is 522 g/mol. The van der Waals surface area contributed by atoms with Crippen molar-refractivity contribution in [1.82, 2.24) is 24.6 Å². The van der Waals surface area contributed by atoms with Gasteiger partial charge in [0, 0.05) is 28.7 Å². The van der Waals surface area contributed by atoms with E-state index in [1.54, 1.807) is 6.07 Å². The topological polar surface area (TPSA) is 50.1 Å². The first-order chi connectivity index (χ1) is 15.8. The number of piperidine rings is 1. The van der Waals surface area contributed by atoms with E-state index in [0.29, 0.717) is 28.0 Å². The normalized spacial score (nSPS) is 24.4. The number of anilines is 1. The Hall–Kier alpha value is -1.60. The Morgan fingerprint density at radius 3 is 2.56 bits per heavy atom. The number of nitrogens with zero attached hydrogens (tertiary/aromatic N) is 6. The van der Waals surface area contributed by atoms with Gasteiger partial charge in [-0.1, -0.05) is 36.2 Å². The Morgan fingerprint density at radius 1 is 1.12 bits per heavy atom. The molecule has 0 N–H and O–H groups in total. The van der Waals surface area contributed by atoms with Crippen molar-refractivity contribution in [3.63, 3.8) is 0 Å². The summed E-state index contributed by atoms with van der Waals surface area (Å²) in [5, 5.41) is 6.05. The standard InChI is InChI=1S/C25H32Cl2N6.ClH/c1-15-14-32(16(2)11-22(15)31-9-5-6-10-31)23-13-28-24-17(3)30-33(25(24)29-23)18(4)20-8-7-19(26)12-21(20)27;/h7-8,12-13,15-16,18,22H,5-6,9-11,14H2,1-4H3;1H/t15-,16+,18?,22?;/m1./s1. The second-order valence-electron chi connectivity index (χ2n) is 9.80. The van der Waals surface area contributed by atoms with Gasteiger partial charge in [-0.25, -0.2) is 14.6 Å². The van der Waals surface area contributed by atoms with Crippen molar-refractivity contribution in [3.05, 3.63) is 45.7 Å². The highest BCUT2D eigenvalue weighted by molar-refractivity contribution is 6.35. The second kappa shape index (κ2) is 10.2. The summed E-state index contributed by atoms with van der Waals surface area (Å²) < 4.78 is 1.95. The quantitative estimate of drug-likeness (QED) is 0.409. The number of fused-ring (bicyclic) bond motifs is 1. The van der Waals surface area contributed by atoms with Crippen LogP contribution in [0.4, 0.5) is 5.82 Å². The van der Waals surface area contributed by atoms with Gasteiger partial charge in [0.15, 0.2) is 5.65 Å². The lowest BCUT2D eigenvalue weighted by Gasteiger charge is -2.45. The minimum atomic E-state index is -0.0900. The zero-order valence-corrected chi connectivity index (χ0v) is 22.5. The van der Waals surface area contributed by atoms with Crippen molar-refractivity contribution < 1.29 is 0 Å². The molecule has 0 spiro atoms. The fraction of sp³-hybridized carbons (Fsp3) is 0.560. The predicted molar refractivity (Wildman–Crippen MR) is 143 cm³/mol. The molecule has 0 bridgehead atoms. The van der Waals surface area contributed by atoms with E-state index in [9.17, 15) is 0 Å². The molecule has 6 nitrogen and oxygen atoms in total. The SMILES string of the molecule is Cc1nn(C(C)c2ccc(Cl)cc2Cl)c2nc(N3C[C@@H](C)C(N4CCCC4)C[C@@H]3C)cnc12.Cl. The summed E-state index contributed by atoms with van der Waals surface area (Å²) in [5.74, 6) is 1.52. The molecule has 0 aliphatic carbocycles. The molecule has 0 saturated carbocycles. The van der Waals surface area contributed by atoms with Gasteiger partial charge in [-0.2, -0.15) is 5.10 Å². The van der Waals surface area contributed by atoms with Crippen LogP contribution in [-0.4, -0.2) is 56.4 Å². The summed E-state index contributed by atoms with van der Waals surface area (Å²) in [5.41, 5.74) is 3.47. The molecular formula is C25H33Cl3N6. The molecule has 0 amide bonds. The second-order valence-corrected chi connectivity index (χ2v) is 10.6. The molecule has 9 heteroatoms. The number of benzene rings is 1. The fourth-order valence-corrected chi connectivity index (χ4v) is 6.21. The Bertz CT molecular complexity index is 1160. The number of hydrogen-bond acceptors (Lipinski definition) is 5. The van der Waals surface area contributed by atoms with Gasteiger partial charge in [0.2, 0.25) is 0 Å². The minimum Gasteiger partial charge on any atom is -0.352 e. The molecule has 2 unspecified atom stereocenters. The van der Waals surface area contributed by atoms with Gasteiger partial charge in [0.1, 0.15) is 11.3 Å². The molecule has 1 aromatic carbocycles. The first-order valence-electron chi connectivity index (χ1n) is 12.0. The highest BCUT2D eigenvalue weighted by Crippen LogP contribution is 2.34. The van der Waals surface area contributed by atoms with Gasteiger partial charge in [0.25, 0.3) is 0 Å². The maximum atomic E-state index is 6.51. The number of aryl methyl sites for hydroxylation is 1. The van der Waals surface area contributed by atoms with Crippen LogP contribution in [0, 0.1) is 12.8 Å². The third-order valence-corrected chi connectivity index (χ3v) is 8.06. The van der Waals surface area contributed by atoms with Crippen molar-refractivity contribution >= 4 is 52.6 Å². The third-order valence-electron chi connectivity index (χ3n) is 7.50. The van der Waals surface area contributed by atoms with E-state index >= 15 is 0 Å². The van der Waals surface area contributed by atoms with Crippen LogP contribution >= 0.6 is 35.6 Å². The van der Waals surface area contributed by atoms with E-state index < -0.39 is 0 Å². The van der Waals surface area contributed by atoms with Crippen LogP contribution in [0.5, 0.6) is 0 Å². The molecule has 5 rings (SSSR count). The van der Waals surface area contributed by atoms with E-state index in [2.05, 4.69) is 30.6 Å². The average Bonchev–Trinajstić information content (AvgIpc) is 3.43. The summed E-state index contributed by atoms with van der Waals surface area (Å²) in [7, 11) is 0. The van der Waals surface area contributed by atoms with E-state index in [4.69, 9.17) is 38.3 Å². The fourth-order valence-electron chi connectivity index (χ4n) is 5.64. The van der Waals surface area contributed by atoms with E-state index in [-0.39, 0.29) is 18.4 Å². The molecule has 34 heavy (non-hydrogen) atoms. The van der Waals surface area contributed by atoms with Gasteiger partial charge in [-0.3, -0.25) is 4.90 Å². The number of hydrogen-bond donors (Lipinski definition) is 0. The smallest absolute Gasteiger partial charge is 0.179 e. The number of rotatable bonds is 4. The van der Waals surface area contributed by atoms with Crippen LogP contribution in [0.25, 0.3) is 11.2 Å². The molecule has 184 valence electrons. The number of aromatic nitrogens is 4. The van der Waals surface area contributed by atoms with Crippen LogP contribution in [-0.2, 0) is 0 Å². The van der Waals surface area contributed by atoms with Gasteiger partial charge in [0.05, 0.1) is 17.9 Å². The Balaban J connectivity index is 0.00000274. The van der Waals surface area contributed by atoms with E-state index in [1.807, 2.05) is 29.9 Å². The highest BCUT2D eigenvalue weighted by atomic mass is 35.5. The van der Waals surface area contributed by atoms with Gasteiger partial charge in [-0.15, -0.1) is 12.4 Å². The molecular weight excluding hydrogens is 491 g/mol. The maximum Gasteiger partial charge on any atom is 0.179 e. The molecule has 0 radical (unpaired) electrons. The Morgan fingerprint density at radius 2 is 1.85 bits per heavy atom. The molecule has 4 heterocycles. The third kappa shape index (κ3) is 4.62. The van der Waals surface area contributed by atoms with Crippen LogP contribution in [0.15, 0.2) is 24.4 Å². The zero-order chi connectivity index (χ0) is 23.3. The molecule has 2 aliphatic heterocycles. The summed E-state index contributed by atoms with van der Waals surface area (Å²) in [6.07, 6.45) is 5.75. The van der Waals surface area contributed by atoms with Crippen molar-refractivity contribution in [2.45, 2.75) is 65.1 Å². The average molecular weight is 524 g/mol. The van der Waals surface area contributed by atoms with Crippen molar-refractivity contribution in [2.24, 2.45) is 5.92 Å². The van der Waals surface area contributed by atoms with Gasteiger partial charge < -0.3 is 4.90 Å². The number of likely N-dealkylation sites (tertiary alicyclic amines) is 1. The molecule has 2 aromatic heterocycles. The predicted octanol–water partition coefficient (Wildman–Crippen LogP) is 6.17. The van der Waals surface area contributed by atoms with Crippen molar-refractivity contribution in [3.8, 4) is 0 Å².